The molecule has 1 aromatic carbocycles. The van der Waals surface area contributed by atoms with Gasteiger partial charge in [-0.15, -0.1) is 0 Å². The summed E-state index contributed by atoms with van der Waals surface area (Å²) in [6.07, 6.45) is 0. The lowest BCUT2D eigenvalue weighted by Crippen LogP contribution is -2.26. The molecule has 3 nitrogen and oxygen atoms in total. The van der Waals surface area contributed by atoms with Gasteiger partial charge in [-0.3, -0.25) is 4.79 Å². The number of carbonyl (C=O) groups excluding carboxylic acids is 1. The van der Waals surface area contributed by atoms with Gasteiger partial charge in [0.25, 0.3) is 5.91 Å². The topological polar surface area (TPSA) is 33.5 Å². The number of carbonyl (C=O) groups is 1. The van der Waals surface area contributed by atoms with Crippen LogP contribution in [0.25, 0.3) is 11.0 Å². The number of hydrogen-bond donors (Lipinski definition) is 0. The Bertz CT molecular complexity index is 574. The van der Waals surface area contributed by atoms with Crippen molar-refractivity contribution < 1.29 is 9.21 Å². The molecule has 2 rings (SSSR count). The maximum atomic E-state index is 12.1. The van der Waals surface area contributed by atoms with Crippen LogP contribution in [-0.4, -0.2) is 24.4 Å². The van der Waals surface area contributed by atoms with Crippen molar-refractivity contribution in [1.29, 1.82) is 0 Å². The van der Waals surface area contributed by atoms with Gasteiger partial charge in [-0.25, -0.2) is 0 Å². The summed E-state index contributed by atoms with van der Waals surface area (Å²) < 4.78 is 5.59. The Labute approximate surface area is 105 Å². The summed E-state index contributed by atoms with van der Waals surface area (Å²) in [5.74, 6) is 0.295. The van der Waals surface area contributed by atoms with Crippen LogP contribution >= 0.6 is 11.6 Å². The highest BCUT2D eigenvalue weighted by molar-refractivity contribution is 6.31. The van der Waals surface area contributed by atoms with E-state index in [-0.39, 0.29) is 5.91 Å². The third-order valence-corrected chi connectivity index (χ3v) is 3.15. The van der Waals surface area contributed by atoms with Crippen molar-refractivity contribution >= 4 is 28.5 Å². The Hall–Kier alpha value is -1.48. The number of amides is 1. The number of halogens is 1. The largest absolute Gasteiger partial charge is 0.451 e. The fourth-order valence-corrected chi connectivity index (χ4v) is 1.89. The number of aryl methyl sites for hydroxylation is 1. The first kappa shape index (κ1) is 12.0. The van der Waals surface area contributed by atoms with Gasteiger partial charge in [-0.2, -0.15) is 0 Å². The van der Waals surface area contributed by atoms with E-state index >= 15 is 0 Å². The van der Waals surface area contributed by atoms with E-state index in [1.165, 1.54) is 0 Å². The Kier molecular flexibility index (Phi) is 3.11. The molecular formula is C13H14ClNO2. The van der Waals surface area contributed by atoms with Crippen LogP contribution < -0.4 is 0 Å². The fourth-order valence-electron chi connectivity index (χ4n) is 1.71. The zero-order valence-electron chi connectivity index (χ0n) is 10.1. The van der Waals surface area contributed by atoms with Gasteiger partial charge < -0.3 is 9.32 Å². The highest BCUT2D eigenvalue weighted by Crippen LogP contribution is 2.28. The average molecular weight is 252 g/mol. The van der Waals surface area contributed by atoms with Crippen LogP contribution in [0.1, 0.15) is 23.0 Å². The lowest BCUT2D eigenvalue weighted by Gasteiger charge is -2.12. The van der Waals surface area contributed by atoms with Crippen molar-refractivity contribution in [3.8, 4) is 0 Å². The summed E-state index contributed by atoms with van der Waals surface area (Å²) in [6.45, 7) is 4.45. The van der Waals surface area contributed by atoms with E-state index in [4.69, 9.17) is 16.0 Å². The van der Waals surface area contributed by atoms with E-state index in [0.717, 1.165) is 10.9 Å². The van der Waals surface area contributed by atoms with Crippen LogP contribution in [0.15, 0.2) is 22.6 Å². The van der Waals surface area contributed by atoms with Crippen molar-refractivity contribution in [2.45, 2.75) is 13.8 Å². The molecule has 17 heavy (non-hydrogen) atoms. The number of hydrogen-bond acceptors (Lipinski definition) is 2. The molecular weight excluding hydrogens is 238 g/mol. The van der Waals surface area contributed by atoms with E-state index in [9.17, 15) is 4.79 Å². The van der Waals surface area contributed by atoms with Gasteiger partial charge in [-0.1, -0.05) is 11.6 Å². The predicted octanol–water partition coefficient (Wildman–Crippen LogP) is 3.49. The number of benzene rings is 1. The molecule has 0 unspecified atom stereocenters. The molecule has 0 saturated carbocycles. The molecule has 1 aromatic heterocycles. The molecule has 0 saturated heterocycles. The maximum absolute atomic E-state index is 12.1. The maximum Gasteiger partial charge on any atom is 0.289 e. The number of furan rings is 1. The molecule has 0 fully saturated rings. The molecule has 4 heteroatoms. The number of rotatable bonds is 2. The summed E-state index contributed by atoms with van der Waals surface area (Å²) >= 11 is 5.93. The predicted molar refractivity (Wildman–Crippen MR) is 68.6 cm³/mol. The number of fused-ring (bicyclic) bond motifs is 1. The average Bonchev–Trinajstić information content (AvgIpc) is 2.65. The van der Waals surface area contributed by atoms with Crippen LogP contribution in [0.3, 0.4) is 0 Å². The van der Waals surface area contributed by atoms with Gasteiger partial charge in [0, 0.05) is 29.6 Å². The van der Waals surface area contributed by atoms with Crippen molar-refractivity contribution in [2.75, 3.05) is 13.6 Å². The quantitative estimate of drug-likeness (QED) is 0.819. The molecule has 0 bridgehead atoms. The molecule has 2 aromatic rings. The molecule has 0 aliphatic heterocycles. The molecule has 1 amide bonds. The van der Waals surface area contributed by atoms with E-state index in [1.54, 1.807) is 24.1 Å². The van der Waals surface area contributed by atoms with Gasteiger partial charge in [0.05, 0.1) is 0 Å². The van der Waals surface area contributed by atoms with Crippen molar-refractivity contribution in [3.63, 3.8) is 0 Å². The van der Waals surface area contributed by atoms with E-state index in [1.807, 2.05) is 19.9 Å². The second kappa shape index (κ2) is 4.41. The van der Waals surface area contributed by atoms with Gasteiger partial charge in [0.15, 0.2) is 5.76 Å². The summed E-state index contributed by atoms with van der Waals surface area (Å²) in [5, 5.41) is 1.54. The van der Waals surface area contributed by atoms with E-state index < -0.39 is 0 Å². The Balaban J connectivity index is 2.56. The first-order chi connectivity index (χ1) is 8.04. The Morgan fingerprint density at radius 3 is 2.82 bits per heavy atom. The summed E-state index contributed by atoms with van der Waals surface area (Å²) in [5.41, 5.74) is 1.53. The van der Waals surface area contributed by atoms with Crippen molar-refractivity contribution in [2.24, 2.45) is 0 Å². The Morgan fingerprint density at radius 1 is 1.47 bits per heavy atom. The normalized spacial score (nSPS) is 10.8. The van der Waals surface area contributed by atoms with Crippen LogP contribution in [0.5, 0.6) is 0 Å². The second-order valence-electron chi connectivity index (χ2n) is 4.02. The highest BCUT2D eigenvalue weighted by atomic mass is 35.5. The monoisotopic (exact) mass is 251 g/mol. The first-order valence-electron chi connectivity index (χ1n) is 5.48. The zero-order chi connectivity index (χ0) is 12.6. The van der Waals surface area contributed by atoms with Gasteiger partial charge in [-0.05, 0) is 32.0 Å². The molecule has 1 heterocycles. The Morgan fingerprint density at radius 2 is 2.18 bits per heavy atom. The summed E-state index contributed by atoms with van der Waals surface area (Å²) in [4.78, 5) is 13.7. The van der Waals surface area contributed by atoms with Crippen LogP contribution in [0.2, 0.25) is 5.02 Å². The van der Waals surface area contributed by atoms with Crippen LogP contribution in [0, 0.1) is 6.92 Å². The smallest absolute Gasteiger partial charge is 0.289 e. The summed E-state index contributed by atoms with van der Waals surface area (Å²) in [7, 11) is 1.75. The third kappa shape index (κ3) is 2.03. The van der Waals surface area contributed by atoms with E-state index in [2.05, 4.69) is 0 Å². The molecule has 90 valence electrons. The van der Waals surface area contributed by atoms with Crippen LogP contribution in [-0.2, 0) is 0 Å². The molecule has 0 radical (unpaired) electrons. The zero-order valence-corrected chi connectivity index (χ0v) is 10.8. The molecule has 0 N–H and O–H groups in total. The van der Waals surface area contributed by atoms with Gasteiger partial charge >= 0.3 is 0 Å². The van der Waals surface area contributed by atoms with Gasteiger partial charge in [0.1, 0.15) is 5.58 Å². The van der Waals surface area contributed by atoms with Crippen molar-refractivity contribution in [3.05, 3.63) is 34.5 Å². The second-order valence-corrected chi connectivity index (χ2v) is 4.45. The number of nitrogens with zero attached hydrogens (tertiary/aromatic N) is 1. The molecule has 0 atom stereocenters. The standard InChI is InChI=1S/C13H14ClNO2/c1-4-15(3)13(16)12-8(2)10-7-9(14)5-6-11(10)17-12/h5-7H,4H2,1-3H3. The lowest BCUT2D eigenvalue weighted by atomic mass is 10.1. The summed E-state index contributed by atoms with van der Waals surface area (Å²) in [6, 6.07) is 5.36. The minimum Gasteiger partial charge on any atom is -0.451 e. The van der Waals surface area contributed by atoms with Gasteiger partial charge in [0.2, 0.25) is 0 Å². The highest BCUT2D eigenvalue weighted by Gasteiger charge is 2.20. The minimum atomic E-state index is -0.0997. The van der Waals surface area contributed by atoms with Crippen LogP contribution in [0.4, 0.5) is 0 Å². The minimum absolute atomic E-state index is 0.0997. The molecule has 0 aliphatic rings. The van der Waals surface area contributed by atoms with Crippen molar-refractivity contribution in [1.82, 2.24) is 4.90 Å². The molecule has 0 aliphatic carbocycles. The first-order valence-corrected chi connectivity index (χ1v) is 5.86. The third-order valence-electron chi connectivity index (χ3n) is 2.91. The van der Waals surface area contributed by atoms with E-state index in [0.29, 0.717) is 22.9 Å². The molecule has 0 spiro atoms. The fraction of sp³-hybridized carbons (Fsp3) is 0.308. The lowest BCUT2D eigenvalue weighted by molar-refractivity contribution is 0.0772. The SMILES string of the molecule is CCN(C)C(=O)c1oc2ccc(Cl)cc2c1C.